The number of nitrogens with zero attached hydrogens (tertiary/aromatic N) is 3. The Morgan fingerprint density at radius 1 is 1.57 bits per heavy atom. The van der Waals surface area contributed by atoms with Gasteiger partial charge in [0.2, 0.25) is 5.95 Å². The molecule has 1 heterocycles. The third kappa shape index (κ3) is 4.41. The fourth-order valence-corrected chi connectivity index (χ4v) is 0.971. The van der Waals surface area contributed by atoms with Crippen molar-refractivity contribution in [3.05, 3.63) is 24.1 Å². The molecule has 0 aliphatic heterocycles. The van der Waals surface area contributed by atoms with Crippen LogP contribution in [0.1, 0.15) is 0 Å². The molecule has 1 rings (SSSR count). The van der Waals surface area contributed by atoms with Gasteiger partial charge < -0.3 is 11.1 Å². The van der Waals surface area contributed by atoms with Crippen LogP contribution in [-0.4, -0.2) is 26.7 Å². The van der Waals surface area contributed by atoms with Crippen LogP contribution in [0.3, 0.4) is 0 Å². The second kappa shape index (κ2) is 5.92. The van der Waals surface area contributed by atoms with Crippen LogP contribution < -0.4 is 11.1 Å². The van der Waals surface area contributed by atoms with Crippen LogP contribution in [0.25, 0.3) is 0 Å². The molecule has 6 nitrogen and oxygen atoms in total. The lowest BCUT2D eigenvalue weighted by molar-refractivity contribution is 0.267. The van der Waals surface area contributed by atoms with E-state index in [-0.39, 0.29) is 0 Å². The summed E-state index contributed by atoms with van der Waals surface area (Å²) in [6.07, 6.45) is 4.55. The number of primary amides is 1. The van der Waals surface area contributed by atoms with Crippen molar-refractivity contribution in [3.63, 3.8) is 0 Å². The van der Waals surface area contributed by atoms with Crippen molar-refractivity contribution in [2.24, 2.45) is 5.73 Å². The second-order valence-corrected chi connectivity index (χ2v) is 3.06. The molecule has 0 spiro atoms. The van der Waals surface area contributed by atoms with Crippen molar-refractivity contribution >= 4 is 22.9 Å². The number of nitrogens with one attached hydrogen (secondary N) is 1. The Kier molecular flexibility index (Phi) is 4.42. The highest BCUT2D eigenvalue weighted by atomic mass is 32.2. The first-order valence-electron chi connectivity index (χ1n) is 3.76. The van der Waals surface area contributed by atoms with Crippen LogP contribution in [0.2, 0.25) is 0 Å². The largest absolute Gasteiger partial charge is 0.360 e. The summed E-state index contributed by atoms with van der Waals surface area (Å²) >= 11 is 0.932. The summed E-state index contributed by atoms with van der Waals surface area (Å²) in [5, 5.41) is 4.08. The molecule has 7 heteroatoms. The molecular formula is C7H9N5OS. The minimum absolute atomic E-state index is 0.429. The Bertz CT molecular complexity index is 315. The van der Waals surface area contributed by atoms with Gasteiger partial charge in [-0.2, -0.15) is 0 Å². The molecule has 0 aliphatic rings. The van der Waals surface area contributed by atoms with Gasteiger partial charge in [-0.25, -0.2) is 15.0 Å². The smallest absolute Gasteiger partial charge is 0.280 e. The van der Waals surface area contributed by atoms with Gasteiger partial charge in [0.15, 0.2) is 0 Å². The molecule has 0 fully saturated rings. The van der Waals surface area contributed by atoms with Crippen molar-refractivity contribution in [2.45, 2.75) is 0 Å². The number of anilines is 1. The van der Waals surface area contributed by atoms with Gasteiger partial charge in [0.1, 0.15) is 12.7 Å². The highest BCUT2D eigenvalue weighted by Crippen LogP contribution is 2.00. The fraction of sp³-hybridized carbons (Fsp3) is 0.143. The molecule has 74 valence electrons. The number of amides is 1. The van der Waals surface area contributed by atoms with Crippen LogP contribution in [-0.2, 0) is 0 Å². The van der Waals surface area contributed by atoms with Crippen LogP contribution >= 0.6 is 11.8 Å². The molecule has 1 aromatic heterocycles. The van der Waals surface area contributed by atoms with Gasteiger partial charge in [-0.05, 0) is 17.2 Å². The van der Waals surface area contributed by atoms with Gasteiger partial charge in [-0.3, -0.25) is 4.79 Å². The summed E-state index contributed by atoms with van der Waals surface area (Å²) in [5.41, 5.74) is 4.91. The van der Waals surface area contributed by atoms with E-state index < -0.39 is 5.24 Å². The van der Waals surface area contributed by atoms with Crippen LogP contribution in [0.5, 0.6) is 0 Å². The molecule has 0 aromatic carbocycles. The number of hydrogen-bond donors (Lipinski definition) is 2. The van der Waals surface area contributed by atoms with E-state index in [2.05, 4.69) is 20.3 Å². The topological polar surface area (TPSA) is 93.8 Å². The number of carbonyl (C=O) groups excluding carboxylic acids is 1. The first-order chi connectivity index (χ1) is 6.79. The van der Waals surface area contributed by atoms with Crippen molar-refractivity contribution in [2.75, 3.05) is 11.9 Å². The van der Waals surface area contributed by atoms with Gasteiger partial charge in [0, 0.05) is 6.54 Å². The molecule has 0 saturated heterocycles. The van der Waals surface area contributed by atoms with E-state index in [0.717, 1.165) is 11.8 Å². The Morgan fingerprint density at radius 3 is 2.93 bits per heavy atom. The van der Waals surface area contributed by atoms with Gasteiger partial charge in [-0.1, -0.05) is 6.08 Å². The predicted molar refractivity (Wildman–Crippen MR) is 54.6 cm³/mol. The average molecular weight is 211 g/mol. The summed E-state index contributed by atoms with van der Waals surface area (Å²) in [6, 6.07) is 0. The maximum Gasteiger partial charge on any atom is 0.280 e. The standard InChI is InChI=1S/C7H9N5OS/c8-6(13)14-3-1-2-10-7-11-4-9-5-12-7/h1,3-5H,2H2,(H2,8,13)(H,9,10,11,12). The molecule has 0 aliphatic carbocycles. The van der Waals surface area contributed by atoms with E-state index in [1.165, 1.54) is 12.7 Å². The number of aromatic nitrogens is 3. The minimum Gasteiger partial charge on any atom is -0.360 e. The number of carbonyl (C=O) groups is 1. The molecule has 0 radical (unpaired) electrons. The van der Waals surface area contributed by atoms with Crippen molar-refractivity contribution in [3.8, 4) is 0 Å². The molecular weight excluding hydrogens is 202 g/mol. The zero-order valence-electron chi connectivity index (χ0n) is 7.25. The van der Waals surface area contributed by atoms with E-state index in [0.29, 0.717) is 12.5 Å². The van der Waals surface area contributed by atoms with Crippen molar-refractivity contribution in [1.29, 1.82) is 0 Å². The van der Waals surface area contributed by atoms with Gasteiger partial charge >= 0.3 is 0 Å². The Morgan fingerprint density at radius 2 is 2.29 bits per heavy atom. The SMILES string of the molecule is NC(=O)SC=CCNc1ncncn1. The first-order valence-corrected chi connectivity index (χ1v) is 4.64. The second-order valence-electron chi connectivity index (χ2n) is 2.15. The molecule has 0 atom stereocenters. The molecule has 0 saturated carbocycles. The number of nitrogens with two attached hydrogens (primary N) is 1. The summed E-state index contributed by atoms with van der Waals surface area (Å²) in [4.78, 5) is 21.7. The first kappa shape index (κ1) is 10.5. The maximum atomic E-state index is 10.3. The third-order valence-electron chi connectivity index (χ3n) is 1.15. The summed E-state index contributed by atoms with van der Waals surface area (Å²) in [7, 11) is 0. The molecule has 1 aromatic rings. The normalized spacial score (nSPS) is 10.3. The quantitative estimate of drug-likeness (QED) is 0.757. The van der Waals surface area contributed by atoms with E-state index in [1.807, 2.05) is 0 Å². The van der Waals surface area contributed by atoms with Gasteiger partial charge in [0.25, 0.3) is 5.24 Å². The van der Waals surface area contributed by atoms with Crippen molar-refractivity contribution < 1.29 is 4.79 Å². The molecule has 1 amide bonds. The van der Waals surface area contributed by atoms with Crippen LogP contribution in [0.15, 0.2) is 24.1 Å². The van der Waals surface area contributed by atoms with Crippen molar-refractivity contribution in [1.82, 2.24) is 15.0 Å². The molecule has 3 N–H and O–H groups in total. The Labute approximate surface area is 85.0 Å². The van der Waals surface area contributed by atoms with E-state index in [9.17, 15) is 4.79 Å². The zero-order chi connectivity index (χ0) is 10.2. The lowest BCUT2D eigenvalue weighted by Crippen LogP contribution is -2.03. The predicted octanol–water partition coefficient (Wildman–Crippen LogP) is 0.609. The lowest BCUT2D eigenvalue weighted by atomic mass is 10.6. The summed E-state index contributed by atoms with van der Waals surface area (Å²) in [5.74, 6) is 0.494. The summed E-state index contributed by atoms with van der Waals surface area (Å²) < 4.78 is 0. The lowest BCUT2D eigenvalue weighted by Gasteiger charge is -1.97. The Balaban J connectivity index is 2.22. The molecule has 0 unspecified atom stereocenters. The van der Waals surface area contributed by atoms with Gasteiger partial charge in [0.05, 0.1) is 0 Å². The highest BCUT2D eigenvalue weighted by Gasteiger charge is 1.90. The maximum absolute atomic E-state index is 10.3. The molecule has 0 bridgehead atoms. The van der Waals surface area contributed by atoms with Crippen LogP contribution in [0, 0.1) is 0 Å². The van der Waals surface area contributed by atoms with E-state index in [1.54, 1.807) is 11.5 Å². The van der Waals surface area contributed by atoms with E-state index in [4.69, 9.17) is 5.73 Å². The third-order valence-corrected chi connectivity index (χ3v) is 1.71. The monoisotopic (exact) mass is 211 g/mol. The Hall–Kier alpha value is -1.63. The summed E-state index contributed by atoms with van der Waals surface area (Å²) in [6.45, 7) is 0.532. The zero-order valence-corrected chi connectivity index (χ0v) is 8.07. The number of thioether (sulfide) groups is 1. The average Bonchev–Trinajstić information content (AvgIpc) is 2.18. The van der Waals surface area contributed by atoms with E-state index >= 15 is 0 Å². The fourth-order valence-electron chi connectivity index (χ4n) is 0.644. The highest BCUT2D eigenvalue weighted by molar-refractivity contribution is 8.16. The van der Waals surface area contributed by atoms with Gasteiger partial charge in [-0.15, -0.1) is 0 Å². The number of rotatable bonds is 4. The number of hydrogen-bond acceptors (Lipinski definition) is 6. The molecule has 14 heavy (non-hydrogen) atoms. The van der Waals surface area contributed by atoms with Crippen LogP contribution in [0.4, 0.5) is 10.7 Å². The minimum atomic E-state index is -0.429.